The zero-order valence-corrected chi connectivity index (χ0v) is 20.7. The van der Waals surface area contributed by atoms with Crippen molar-refractivity contribution in [3.8, 4) is 5.75 Å². The average molecular weight is 526 g/mol. The van der Waals surface area contributed by atoms with Gasteiger partial charge in [0.05, 0.1) is 10.5 Å². The maximum absolute atomic E-state index is 13.0. The Morgan fingerprint density at radius 2 is 1.64 bits per heavy atom. The van der Waals surface area contributed by atoms with Gasteiger partial charge < -0.3 is 14.5 Å². The molecule has 0 atom stereocenters. The van der Waals surface area contributed by atoms with E-state index in [2.05, 4.69) is 4.72 Å². The van der Waals surface area contributed by atoms with Crippen molar-refractivity contribution in [3.05, 3.63) is 54.1 Å². The van der Waals surface area contributed by atoms with E-state index in [0.29, 0.717) is 37.6 Å². The van der Waals surface area contributed by atoms with Crippen LogP contribution in [0.4, 0.5) is 18.9 Å². The first kappa shape index (κ1) is 26.3. The summed E-state index contributed by atoms with van der Waals surface area (Å²) >= 11 is 0. The van der Waals surface area contributed by atoms with E-state index < -0.39 is 21.8 Å². The molecule has 1 saturated heterocycles. The Labute approximate surface area is 209 Å². The molecule has 196 valence electrons. The Hall–Kier alpha value is -2.79. The van der Waals surface area contributed by atoms with Crippen LogP contribution in [0.1, 0.15) is 37.7 Å². The molecule has 1 amide bonds. The second-order valence-corrected chi connectivity index (χ2v) is 10.8. The number of benzene rings is 2. The Bertz CT molecular complexity index is 1140. The van der Waals surface area contributed by atoms with Crippen molar-refractivity contribution in [2.75, 3.05) is 37.7 Å². The summed E-state index contributed by atoms with van der Waals surface area (Å²) in [5, 5.41) is 0. The fraction of sp³-hybridized carbons (Fsp3) is 0.480. The van der Waals surface area contributed by atoms with Gasteiger partial charge >= 0.3 is 6.18 Å². The summed E-state index contributed by atoms with van der Waals surface area (Å²) in [7, 11) is -3.61. The van der Waals surface area contributed by atoms with Crippen molar-refractivity contribution in [2.24, 2.45) is 0 Å². The highest BCUT2D eigenvalue weighted by Crippen LogP contribution is 2.32. The minimum atomic E-state index is -4.40. The van der Waals surface area contributed by atoms with Gasteiger partial charge in [-0.05, 0) is 55.3 Å². The second kappa shape index (κ2) is 11.1. The lowest BCUT2D eigenvalue weighted by molar-refractivity contribution is -0.137. The third-order valence-corrected chi connectivity index (χ3v) is 8.13. The first-order chi connectivity index (χ1) is 17.1. The third kappa shape index (κ3) is 6.70. The van der Waals surface area contributed by atoms with Gasteiger partial charge in [0.25, 0.3) is 5.91 Å². The van der Waals surface area contributed by atoms with Gasteiger partial charge in [-0.2, -0.15) is 13.2 Å². The quantitative estimate of drug-likeness (QED) is 0.590. The van der Waals surface area contributed by atoms with E-state index in [1.807, 2.05) is 4.90 Å². The molecule has 1 heterocycles. The van der Waals surface area contributed by atoms with Gasteiger partial charge in [0, 0.05) is 37.9 Å². The molecule has 1 aliphatic carbocycles. The van der Waals surface area contributed by atoms with E-state index in [-0.39, 0.29) is 23.5 Å². The molecule has 36 heavy (non-hydrogen) atoms. The van der Waals surface area contributed by atoms with Gasteiger partial charge in [0.15, 0.2) is 6.61 Å². The van der Waals surface area contributed by atoms with Gasteiger partial charge in [-0.3, -0.25) is 4.79 Å². The van der Waals surface area contributed by atoms with Crippen molar-refractivity contribution < 1.29 is 31.1 Å². The van der Waals surface area contributed by atoms with Crippen LogP contribution >= 0.6 is 0 Å². The van der Waals surface area contributed by atoms with E-state index in [0.717, 1.165) is 44.2 Å². The molecule has 2 aliphatic rings. The molecule has 0 unspecified atom stereocenters. The molecule has 2 aromatic carbocycles. The van der Waals surface area contributed by atoms with Crippen LogP contribution in [0.15, 0.2) is 53.4 Å². The van der Waals surface area contributed by atoms with Gasteiger partial charge in [-0.25, -0.2) is 13.1 Å². The Balaban J connectivity index is 1.25. The molecular weight excluding hydrogens is 495 g/mol. The lowest BCUT2D eigenvalue weighted by Crippen LogP contribution is -2.50. The van der Waals surface area contributed by atoms with Crippen molar-refractivity contribution in [1.82, 2.24) is 9.62 Å². The normalized spacial score (nSPS) is 17.8. The van der Waals surface area contributed by atoms with E-state index >= 15 is 0 Å². The highest BCUT2D eigenvalue weighted by molar-refractivity contribution is 7.89. The number of rotatable bonds is 7. The number of alkyl halides is 3. The zero-order valence-electron chi connectivity index (χ0n) is 19.8. The first-order valence-electron chi connectivity index (χ1n) is 12.1. The van der Waals surface area contributed by atoms with Crippen LogP contribution < -0.4 is 14.4 Å². The van der Waals surface area contributed by atoms with E-state index in [1.165, 1.54) is 30.3 Å². The minimum absolute atomic E-state index is 0.0358. The SMILES string of the molecule is O=C(COc1ccc(S(=O)(=O)NC2CCCCC2)cc1)N1CCN(c2cccc(C(F)(F)F)c2)CC1. The van der Waals surface area contributed by atoms with Crippen LogP contribution in [0.2, 0.25) is 0 Å². The number of nitrogens with zero attached hydrogens (tertiary/aromatic N) is 2. The standard InChI is InChI=1S/C25H30F3N3O4S/c26-25(27,28)19-5-4-8-21(17-19)30-13-15-31(16-14-30)24(32)18-35-22-9-11-23(12-10-22)36(33,34)29-20-6-2-1-3-7-20/h4-5,8-12,17,20,29H,1-3,6-7,13-16,18H2. The fourth-order valence-corrected chi connectivity index (χ4v) is 5.86. The maximum atomic E-state index is 13.0. The zero-order chi connectivity index (χ0) is 25.8. The number of hydrogen-bond acceptors (Lipinski definition) is 5. The van der Waals surface area contributed by atoms with Crippen LogP contribution in [0.3, 0.4) is 0 Å². The number of nitrogens with one attached hydrogen (secondary N) is 1. The van der Waals surface area contributed by atoms with Crippen molar-refractivity contribution in [3.63, 3.8) is 0 Å². The van der Waals surface area contributed by atoms with Crippen LogP contribution in [-0.2, 0) is 21.0 Å². The fourth-order valence-electron chi connectivity index (χ4n) is 4.55. The van der Waals surface area contributed by atoms with Crippen LogP contribution in [0.5, 0.6) is 5.75 Å². The van der Waals surface area contributed by atoms with Gasteiger partial charge in [-0.15, -0.1) is 0 Å². The highest BCUT2D eigenvalue weighted by Gasteiger charge is 2.31. The molecule has 0 spiro atoms. The largest absolute Gasteiger partial charge is 0.484 e. The summed E-state index contributed by atoms with van der Waals surface area (Å²) in [5.74, 6) is 0.136. The summed E-state index contributed by atoms with van der Waals surface area (Å²) in [4.78, 5) is 16.2. The monoisotopic (exact) mass is 525 g/mol. The number of hydrogen-bond donors (Lipinski definition) is 1. The Kier molecular flexibility index (Phi) is 8.09. The van der Waals surface area contributed by atoms with Crippen LogP contribution in [-0.4, -0.2) is 58.1 Å². The number of anilines is 1. The summed E-state index contributed by atoms with van der Waals surface area (Å²) in [6.07, 6.45) is 0.462. The number of amides is 1. The maximum Gasteiger partial charge on any atom is 0.416 e. The minimum Gasteiger partial charge on any atom is -0.484 e. The highest BCUT2D eigenvalue weighted by atomic mass is 32.2. The molecule has 1 saturated carbocycles. The molecular formula is C25H30F3N3O4S. The van der Waals surface area contributed by atoms with E-state index in [1.54, 1.807) is 11.0 Å². The molecule has 0 aromatic heterocycles. The molecule has 7 nitrogen and oxygen atoms in total. The van der Waals surface area contributed by atoms with Crippen LogP contribution in [0, 0.1) is 0 Å². The predicted octanol–water partition coefficient (Wildman–Crippen LogP) is 4.04. The van der Waals surface area contributed by atoms with E-state index in [4.69, 9.17) is 4.74 Å². The lowest BCUT2D eigenvalue weighted by Gasteiger charge is -2.36. The number of carbonyl (C=O) groups is 1. The Morgan fingerprint density at radius 3 is 2.28 bits per heavy atom. The number of piperazine rings is 1. The van der Waals surface area contributed by atoms with Crippen molar-refractivity contribution in [2.45, 2.75) is 49.2 Å². The summed E-state index contributed by atoms with van der Waals surface area (Å²) in [6.45, 7) is 1.34. The molecule has 0 bridgehead atoms. The smallest absolute Gasteiger partial charge is 0.416 e. The topological polar surface area (TPSA) is 78.9 Å². The summed E-state index contributed by atoms with van der Waals surface area (Å²) in [5.41, 5.74) is -0.225. The molecule has 4 rings (SSSR count). The molecule has 1 N–H and O–H groups in total. The summed E-state index contributed by atoms with van der Waals surface area (Å²) in [6, 6.07) is 11.1. The Morgan fingerprint density at radius 1 is 0.972 bits per heavy atom. The first-order valence-corrected chi connectivity index (χ1v) is 13.6. The van der Waals surface area contributed by atoms with Crippen molar-refractivity contribution in [1.29, 1.82) is 0 Å². The molecule has 11 heteroatoms. The summed E-state index contributed by atoms with van der Waals surface area (Å²) < 4.78 is 72.5. The molecule has 1 aliphatic heterocycles. The van der Waals surface area contributed by atoms with Crippen molar-refractivity contribution >= 4 is 21.6 Å². The van der Waals surface area contributed by atoms with Gasteiger partial charge in [0.1, 0.15) is 5.75 Å². The number of sulfonamides is 1. The molecule has 0 radical (unpaired) electrons. The predicted molar refractivity (Wildman–Crippen MR) is 129 cm³/mol. The second-order valence-electron chi connectivity index (χ2n) is 9.13. The third-order valence-electron chi connectivity index (χ3n) is 6.59. The number of carbonyl (C=O) groups excluding carboxylic acids is 1. The lowest BCUT2D eigenvalue weighted by atomic mass is 9.96. The molecule has 2 aromatic rings. The van der Waals surface area contributed by atoms with E-state index in [9.17, 15) is 26.4 Å². The van der Waals surface area contributed by atoms with Gasteiger partial charge in [-0.1, -0.05) is 25.3 Å². The number of halogens is 3. The van der Waals surface area contributed by atoms with Crippen LogP contribution in [0.25, 0.3) is 0 Å². The van der Waals surface area contributed by atoms with Gasteiger partial charge in [0.2, 0.25) is 10.0 Å². The molecule has 2 fully saturated rings. The average Bonchev–Trinajstić information content (AvgIpc) is 2.87. The number of ether oxygens (including phenoxy) is 1.